The number of hydrogen-bond acceptors (Lipinski definition) is 2. The van der Waals surface area contributed by atoms with Gasteiger partial charge < -0.3 is 9.47 Å². The molecule has 0 saturated carbocycles. The van der Waals surface area contributed by atoms with Crippen molar-refractivity contribution in [3.05, 3.63) is 47.7 Å². The summed E-state index contributed by atoms with van der Waals surface area (Å²) in [6.45, 7) is 6.79. The second-order valence-electron chi connectivity index (χ2n) is 5.21. The van der Waals surface area contributed by atoms with E-state index in [1.165, 1.54) is 5.56 Å². The summed E-state index contributed by atoms with van der Waals surface area (Å²) >= 11 is 0. The Morgan fingerprint density at radius 3 is 2.56 bits per heavy atom. The van der Waals surface area contributed by atoms with E-state index in [9.17, 15) is 0 Å². The minimum absolute atomic E-state index is 0.440. The molecule has 1 aliphatic rings. The predicted molar refractivity (Wildman–Crippen MR) is 73.1 cm³/mol. The quantitative estimate of drug-likeness (QED) is 0.801. The van der Waals surface area contributed by atoms with Gasteiger partial charge in [0.15, 0.2) is 0 Å². The lowest BCUT2D eigenvalue weighted by Crippen LogP contribution is -2.33. The highest BCUT2D eigenvalue weighted by Crippen LogP contribution is 2.29. The van der Waals surface area contributed by atoms with E-state index in [-0.39, 0.29) is 0 Å². The molecule has 0 bridgehead atoms. The summed E-state index contributed by atoms with van der Waals surface area (Å²) in [7, 11) is 0. The molecule has 2 rings (SSSR count). The van der Waals surface area contributed by atoms with E-state index in [1.54, 1.807) is 0 Å². The van der Waals surface area contributed by atoms with Crippen molar-refractivity contribution < 1.29 is 9.47 Å². The summed E-state index contributed by atoms with van der Waals surface area (Å²) in [5.41, 5.74) is 1.36. The maximum absolute atomic E-state index is 5.94. The van der Waals surface area contributed by atoms with Crippen molar-refractivity contribution >= 4 is 0 Å². The van der Waals surface area contributed by atoms with Crippen LogP contribution in [0.3, 0.4) is 0 Å². The number of rotatable bonds is 4. The lowest BCUT2D eigenvalue weighted by atomic mass is 9.94. The molecular weight excluding hydrogens is 224 g/mol. The lowest BCUT2D eigenvalue weighted by Gasteiger charge is -2.34. The van der Waals surface area contributed by atoms with Gasteiger partial charge in [-0.15, -0.1) is 0 Å². The first-order valence-electron chi connectivity index (χ1n) is 6.67. The predicted octanol–water partition coefficient (Wildman–Crippen LogP) is 3.92. The monoisotopic (exact) mass is 246 g/mol. The van der Waals surface area contributed by atoms with Crippen LogP contribution < -0.4 is 0 Å². The zero-order valence-corrected chi connectivity index (χ0v) is 11.5. The first-order chi connectivity index (χ1) is 8.61. The molecule has 2 heteroatoms. The fourth-order valence-electron chi connectivity index (χ4n) is 2.27. The van der Waals surface area contributed by atoms with Crippen LogP contribution in [0.1, 0.15) is 32.8 Å². The van der Waals surface area contributed by atoms with Crippen molar-refractivity contribution in [2.75, 3.05) is 6.61 Å². The van der Waals surface area contributed by atoms with Gasteiger partial charge in [0, 0.05) is 19.8 Å². The first-order valence-corrected chi connectivity index (χ1v) is 6.67. The van der Waals surface area contributed by atoms with Crippen LogP contribution in [0, 0.1) is 5.92 Å². The molecule has 1 aliphatic heterocycles. The van der Waals surface area contributed by atoms with Crippen molar-refractivity contribution in [1.82, 2.24) is 0 Å². The molecular formula is C16H22O2. The number of allylic oxidation sites excluding steroid dienone is 1. The van der Waals surface area contributed by atoms with Gasteiger partial charge in [0.05, 0.1) is 6.61 Å². The summed E-state index contributed by atoms with van der Waals surface area (Å²) in [5.74, 6) is 1.03. The lowest BCUT2D eigenvalue weighted by molar-refractivity contribution is -0.202. The molecule has 1 heterocycles. The molecule has 2 nitrogen and oxygen atoms in total. The van der Waals surface area contributed by atoms with Gasteiger partial charge in [-0.25, -0.2) is 0 Å². The van der Waals surface area contributed by atoms with E-state index < -0.39 is 5.79 Å². The summed E-state index contributed by atoms with van der Waals surface area (Å²) in [4.78, 5) is 0. The minimum atomic E-state index is -0.492. The molecule has 18 heavy (non-hydrogen) atoms. The van der Waals surface area contributed by atoms with Gasteiger partial charge in [-0.05, 0) is 24.5 Å². The van der Waals surface area contributed by atoms with Gasteiger partial charge in [-0.1, -0.05) is 37.3 Å². The summed E-state index contributed by atoms with van der Waals surface area (Å²) in [6.07, 6.45) is 4.18. The highest BCUT2D eigenvalue weighted by Gasteiger charge is 2.28. The third kappa shape index (κ3) is 3.36. The normalized spacial score (nSPS) is 19.8. The topological polar surface area (TPSA) is 18.5 Å². The molecule has 0 amide bonds. The third-order valence-corrected chi connectivity index (χ3v) is 3.30. The molecule has 1 aromatic carbocycles. The van der Waals surface area contributed by atoms with Crippen molar-refractivity contribution in [2.24, 2.45) is 5.92 Å². The van der Waals surface area contributed by atoms with Crippen molar-refractivity contribution in [3.8, 4) is 0 Å². The number of ether oxygens (including phenoxy) is 2. The van der Waals surface area contributed by atoms with E-state index in [4.69, 9.17) is 9.47 Å². The van der Waals surface area contributed by atoms with E-state index in [1.807, 2.05) is 13.8 Å². The Morgan fingerprint density at radius 2 is 1.94 bits per heavy atom. The average molecular weight is 246 g/mol. The standard InChI is InChI=1S/C16H22O2/c1-4-14(12-13-8-6-5-7-9-13)15-10-11-17-16(2,3)18-15/h5-10,14H,4,11-12H2,1-3H3/t14-/m1/s1. The van der Waals surface area contributed by atoms with Gasteiger partial charge in [-0.3, -0.25) is 0 Å². The second-order valence-corrected chi connectivity index (χ2v) is 5.21. The maximum Gasteiger partial charge on any atom is 0.204 e. The van der Waals surface area contributed by atoms with Crippen molar-refractivity contribution in [3.63, 3.8) is 0 Å². The van der Waals surface area contributed by atoms with Crippen molar-refractivity contribution in [2.45, 2.75) is 39.4 Å². The Labute approximate surface area is 110 Å². The Kier molecular flexibility index (Phi) is 4.07. The molecule has 1 aromatic rings. The zero-order chi connectivity index (χ0) is 13.0. The highest BCUT2D eigenvalue weighted by molar-refractivity contribution is 5.17. The van der Waals surface area contributed by atoms with Gasteiger partial charge in [-0.2, -0.15) is 0 Å². The Hall–Kier alpha value is -1.28. The van der Waals surface area contributed by atoms with Crippen LogP contribution in [0.2, 0.25) is 0 Å². The maximum atomic E-state index is 5.94. The van der Waals surface area contributed by atoms with Gasteiger partial charge in [0.2, 0.25) is 5.79 Å². The van der Waals surface area contributed by atoms with E-state index in [0.717, 1.165) is 18.6 Å². The smallest absolute Gasteiger partial charge is 0.204 e. The summed E-state index contributed by atoms with van der Waals surface area (Å²) in [6, 6.07) is 10.6. The fourth-order valence-corrected chi connectivity index (χ4v) is 2.27. The van der Waals surface area contributed by atoms with Crippen LogP contribution in [-0.2, 0) is 15.9 Å². The first kappa shape index (κ1) is 13.2. The van der Waals surface area contributed by atoms with Gasteiger partial charge in [0.1, 0.15) is 5.76 Å². The Morgan fingerprint density at radius 1 is 1.22 bits per heavy atom. The second kappa shape index (κ2) is 5.57. The average Bonchev–Trinajstić information content (AvgIpc) is 2.36. The molecule has 0 unspecified atom stereocenters. The molecule has 1 atom stereocenters. The largest absolute Gasteiger partial charge is 0.467 e. The summed E-state index contributed by atoms with van der Waals surface area (Å²) < 4.78 is 11.5. The molecule has 0 N–H and O–H groups in total. The number of benzene rings is 1. The van der Waals surface area contributed by atoms with E-state index in [2.05, 4.69) is 43.3 Å². The molecule has 0 radical (unpaired) electrons. The zero-order valence-electron chi connectivity index (χ0n) is 11.5. The van der Waals surface area contributed by atoms with Gasteiger partial charge >= 0.3 is 0 Å². The van der Waals surface area contributed by atoms with Crippen LogP contribution in [-0.4, -0.2) is 12.4 Å². The third-order valence-electron chi connectivity index (χ3n) is 3.30. The molecule has 0 aliphatic carbocycles. The van der Waals surface area contributed by atoms with Crippen LogP contribution in [0.4, 0.5) is 0 Å². The summed E-state index contributed by atoms with van der Waals surface area (Å²) in [5, 5.41) is 0. The molecule has 98 valence electrons. The molecule has 0 saturated heterocycles. The molecule has 0 spiro atoms. The highest BCUT2D eigenvalue weighted by atomic mass is 16.7. The van der Waals surface area contributed by atoms with Crippen LogP contribution in [0.25, 0.3) is 0 Å². The molecule has 0 fully saturated rings. The van der Waals surface area contributed by atoms with E-state index in [0.29, 0.717) is 12.5 Å². The minimum Gasteiger partial charge on any atom is -0.467 e. The van der Waals surface area contributed by atoms with Crippen LogP contribution in [0.15, 0.2) is 42.2 Å². The van der Waals surface area contributed by atoms with Crippen LogP contribution in [0.5, 0.6) is 0 Å². The Balaban J connectivity index is 2.07. The number of hydrogen-bond donors (Lipinski definition) is 0. The van der Waals surface area contributed by atoms with E-state index >= 15 is 0 Å². The SMILES string of the molecule is CC[C@H](Cc1ccccc1)C1=CCOC(C)(C)O1. The fraction of sp³-hybridized carbons (Fsp3) is 0.500. The molecule has 0 aromatic heterocycles. The van der Waals surface area contributed by atoms with Gasteiger partial charge in [0.25, 0.3) is 0 Å². The van der Waals surface area contributed by atoms with Crippen molar-refractivity contribution in [1.29, 1.82) is 0 Å². The van der Waals surface area contributed by atoms with Crippen LogP contribution >= 0.6 is 0 Å². The Bertz CT molecular complexity index is 406.